The van der Waals surface area contributed by atoms with Crippen molar-refractivity contribution >= 4 is 22.7 Å². The van der Waals surface area contributed by atoms with Crippen LogP contribution in [0.15, 0.2) is 84.9 Å². The van der Waals surface area contributed by atoms with Crippen molar-refractivity contribution in [3.05, 3.63) is 107 Å². The van der Waals surface area contributed by atoms with Gasteiger partial charge in [-0.2, -0.15) is 0 Å². The molecule has 0 unspecified atom stereocenters. The fourth-order valence-electron chi connectivity index (χ4n) is 5.04. The van der Waals surface area contributed by atoms with Gasteiger partial charge < -0.3 is 18.9 Å². The first-order valence-corrected chi connectivity index (χ1v) is 13.4. The summed E-state index contributed by atoms with van der Waals surface area (Å²) in [5.41, 5.74) is 1.89. The number of halogens is 1. The third-order valence-corrected chi connectivity index (χ3v) is 7.24. The van der Waals surface area contributed by atoms with Crippen LogP contribution in [0.2, 0.25) is 0 Å². The number of rotatable bonds is 9. The largest absolute Gasteiger partial charge is 0.496 e. The molecule has 0 amide bonds. The molecular weight excluding hydrogens is 511 g/mol. The first kappa shape index (κ1) is 27.2. The molecule has 40 heavy (non-hydrogen) atoms. The van der Waals surface area contributed by atoms with Gasteiger partial charge >= 0.3 is 11.9 Å². The van der Waals surface area contributed by atoms with Gasteiger partial charge in [-0.3, -0.25) is 4.79 Å². The first-order valence-electron chi connectivity index (χ1n) is 13.4. The Morgan fingerprint density at radius 2 is 1.52 bits per heavy atom. The van der Waals surface area contributed by atoms with Crippen molar-refractivity contribution in [2.24, 2.45) is 5.92 Å². The molecule has 1 saturated carbocycles. The molecule has 206 valence electrons. The standard InChI is InChI=1S/C33H31FO6/c1-37-30-19-29(34)31(18-28(30)33(36)38-20-22-8-3-2-4-9-22)40-26-16-14-24(15-17-26)32(35)39-21-25-12-7-11-23-10-5-6-13-27(23)25/h2-13,18-19,24,26H,14-17,20-21H2,1H3/t24-,26+. The van der Waals surface area contributed by atoms with Crippen LogP contribution in [0, 0.1) is 11.7 Å². The van der Waals surface area contributed by atoms with Crippen molar-refractivity contribution in [3.8, 4) is 11.5 Å². The zero-order valence-corrected chi connectivity index (χ0v) is 22.3. The van der Waals surface area contributed by atoms with Gasteiger partial charge in [0.2, 0.25) is 0 Å². The Morgan fingerprint density at radius 1 is 0.800 bits per heavy atom. The molecular formula is C33H31FO6. The summed E-state index contributed by atoms with van der Waals surface area (Å²) in [5.74, 6) is -1.71. The van der Waals surface area contributed by atoms with Crippen LogP contribution >= 0.6 is 0 Å². The third-order valence-electron chi connectivity index (χ3n) is 7.24. The lowest BCUT2D eigenvalue weighted by Gasteiger charge is -2.28. The monoisotopic (exact) mass is 542 g/mol. The number of benzene rings is 4. The molecule has 5 rings (SSSR count). The number of hydrogen-bond donors (Lipinski definition) is 0. The molecule has 7 heteroatoms. The molecule has 0 saturated heterocycles. The Morgan fingerprint density at radius 3 is 2.30 bits per heavy atom. The molecule has 0 aliphatic heterocycles. The van der Waals surface area contributed by atoms with E-state index in [2.05, 4.69) is 0 Å². The van der Waals surface area contributed by atoms with Gasteiger partial charge in [-0.1, -0.05) is 72.8 Å². The number of hydrogen-bond acceptors (Lipinski definition) is 6. The molecule has 0 bridgehead atoms. The average Bonchev–Trinajstić information content (AvgIpc) is 3.00. The number of methoxy groups -OCH3 is 1. The SMILES string of the molecule is COc1cc(F)c(O[C@H]2CC[C@@H](C(=O)OCc3cccc4ccccc34)CC2)cc1C(=O)OCc1ccccc1. The Kier molecular flexibility index (Phi) is 8.59. The summed E-state index contributed by atoms with van der Waals surface area (Å²) >= 11 is 0. The molecule has 4 aromatic rings. The third kappa shape index (κ3) is 6.42. The molecule has 0 aromatic heterocycles. The van der Waals surface area contributed by atoms with E-state index in [1.54, 1.807) is 0 Å². The lowest BCUT2D eigenvalue weighted by atomic mass is 9.87. The van der Waals surface area contributed by atoms with Gasteiger partial charge in [-0.15, -0.1) is 0 Å². The van der Waals surface area contributed by atoms with E-state index in [1.165, 1.54) is 13.2 Å². The summed E-state index contributed by atoms with van der Waals surface area (Å²) in [4.78, 5) is 25.6. The molecule has 6 nitrogen and oxygen atoms in total. The molecule has 1 fully saturated rings. The second-order valence-electron chi connectivity index (χ2n) is 9.88. The van der Waals surface area contributed by atoms with Crippen LogP contribution in [0.3, 0.4) is 0 Å². The topological polar surface area (TPSA) is 71.1 Å². The highest BCUT2D eigenvalue weighted by molar-refractivity contribution is 5.93. The van der Waals surface area contributed by atoms with E-state index in [0.717, 1.165) is 28.0 Å². The minimum atomic E-state index is -0.636. The van der Waals surface area contributed by atoms with Gasteiger partial charge in [0.25, 0.3) is 0 Å². The Labute approximate surface area is 232 Å². The quantitative estimate of drug-likeness (QED) is 0.212. The summed E-state index contributed by atoms with van der Waals surface area (Å²) in [6.07, 6.45) is 1.98. The molecule has 4 aromatic carbocycles. The van der Waals surface area contributed by atoms with Crippen LogP contribution in [0.1, 0.15) is 47.2 Å². The van der Waals surface area contributed by atoms with Crippen LogP contribution in [0.4, 0.5) is 4.39 Å². The Balaban J connectivity index is 1.16. The van der Waals surface area contributed by atoms with Gasteiger partial charge in [0.15, 0.2) is 11.6 Å². The van der Waals surface area contributed by atoms with Crippen LogP contribution in [-0.2, 0) is 27.5 Å². The fraction of sp³-hybridized carbons (Fsp3) is 0.273. The average molecular weight is 543 g/mol. The van der Waals surface area contributed by atoms with E-state index >= 15 is 0 Å². The second-order valence-corrected chi connectivity index (χ2v) is 9.88. The first-order chi connectivity index (χ1) is 19.5. The van der Waals surface area contributed by atoms with E-state index in [1.807, 2.05) is 72.8 Å². The summed E-state index contributed by atoms with van der Waals surface area (Å²) in [6.45, 7) is 0.299. The lowest BCUT2D eigenvalue weighted by Crippen LogP contribution is -2.29. The number of carbonyl (C=O) groups is 2. The number of esters is 2. The maximum absolute atomic E-state index is 14.8. The predicted octanol–water partition coefficient (Wildman–Crippen LogP) is 7.03. The van der Waals surface area contributed by atoms with E-state index in [9.17, 15) is 14.0 Å². The minimum absolute atomic E-state index is 0.0468. The highest BCUT2D eigenvalue weighted by atomic mass is 19.1. The Bertz CT molecular complexity index is 1470. The van der Waals surface area contributed by atoms with E-state index in [4.69, 9.17) is 18.9 Å². The van der Waals surface area contributed by atoms with Crippen LogP contribution in [0.5, 0.6) is 11.5 Å². The number of fused-ring (bicyclic) bond motifs is 1. The second kappa shape index (κ2) is 12.6. The van der Waals surface area contributed by atoms with Crippen LogP contribution in [0.25, 0.3) is 10.8 Å². The fourth-order valence-corrected chi connectivity index (χ4v) is 5.04. The van der Waals surface area contributed by atoms with Crippen molar-refractivity contribution in [2.45, 2.75) is 45.0 Å². The molecule has 0 spiro atoms. The summed E-state index contributed by atoms with van der Waals surface area (Å²) in [6, 6.07) is 25.7. The summed E-state index contributed by atoms with van der Waals surface area (Å²) in [7, 11) is 1.36. The summed E-state index contributed by atoms with van der Waals surface area (Å²) in [5, 5.41) is 2.17. The van der Waals surface area contributed by atoms with Gasteiger partial charge in [0.1, 0.15) is 24.5 Å². The van der Waals surface area contributed by atoms with Crippen molar-refractivity contribution in [1.82, 2.24) is 0 Å². The molecule has 0 atom stereocenters. The summed E-state index contributed by atoms with van der Waals surface area (Å²) < 4.78 is 37.1. The molecule has 0 heterocycles. The van der Waals surface area contributed by atoms with E-state index in [-0.39, 0.29) is 48.3 Å². The number of carbonyl (C=O) groups excluding carboxylic acids is 2. The minimum Gasteiger partial charge on any atom is -0.496 e. The van der Waals surface area contributed by atoms with Crippen molar-refractivity contribution in [2.75, 3.05) is 7.11 Å². The van der Waals surface area contributed by atoms with Crippen molar-refractivity contribution in [3.63, 3.8) is 0 Å². The van der Waals surface area contributed by atoms with Gasteiger partial charge in [-0.05, 0) is 47.6 Å². The lowest BCUT2D eigenvalue weighted by molar-refractivity contribution is -0.151. The van der Waals surface area contributed by atoms with Gasteiger partial charge in [0, 0.05) is 12.1 Å². The zero-order valence-electron chi connectivity index (χ0n) is 22.3. The molecule has 0 radical (unpaired) electrons. The van der Waals surface area contributed by atoms with Gasteiger partial charge in [0.05, 0.1) is 19.1 Å². The predicted molar refractivity (Wildman–Crippen MR) is 149 cm³/mol. The smallest absolute Gasteiger partial charge is 0.342 e. The van der Waals surface area contributed by atoms with Crippen LogP contribution in [-0.4, -0.2) is 25.2 Å². The maximum Gasteiger partial charge on any atom is 0.342 e. The van der Waals surface area contributed by atoms with Gasteiger partial charge in [-0.25, -0.2) is 9.18 Å². The molecule has 1 aliphatic carbocycles. The normalized spacial score (nSPS) is 16.8. The zero-order chi connectivity index (χ0) is 27.9. The van der Waals surface area contributed by atoms with E-state index in [0.29, 0.717) is 25.7 Å². The molecule has 1 aliphatic rings. The Hall–Kier alpha value is -4.39. The highest BCUT2D eigenvalue weighted by Gasteiger charge is 2.29. The maximum atomic E-state index is 14.8. The van der Waals surface area contributed by atoms with Crippen LogP contribution < -0.4 is 9.47 Å². The van der Waals surface area contributed by atoms with Crippen molar-refractivity contribution in [1.29, 1.82) is 0 Å². The number of ether oxygens (including phenoxy) is 4. The van der Waals surface area contributed by atoms with E-state index < -0.39 is 11.8 Å². The molecule has 0 N–H and O–H groups in total. The van der Waals surface area contributed by atoms with Crippen molar-refractivity contribution < 1.29 is 32.9 Å². The highest BCUT2D eigenvalue weighted by Crippen LogP contribution is 2.33.